The van der Waals surface area contributed by atoms with Gasteiger partial charge < -0.3 is 9.30 Å². The molecule has 0 unspecified atom stereocenters. The number of benzene rings is 2. The summed E-state index contributed by atoms with van der Waals surface area (Å²) in [5.74, 6) is 0.100. The largest absolute Gasteiger partial charge is 0.381 e. The van der Waals surface area contributed by atoms with Gasteiger partial charge in [0.25, 0.3) is 0 Å². The number of hydrogen-bond donors (Lipinski definition) is 1. The van der Waals surface area contributed by atoms with Crippen LogP contribution in [0.2, 0.25) is 0 Å². The van der Waals surface area contributed by atoms with Crippen molar-refractivity contribution in [3.63, 3.8) is 0 Å². The van der Waals surface area contributed by atoms with Gasteiger partial charge in [0.1, 0.15) is 5.82 Å². The van der Waals surface area contributed by atoms with E-state index in [1.807, 2.05) is 30.5 Å². The minimum absolute atomic E-state index is 0.103. The third-order valence-corrected chi connectivity index (χ3v) is 6.48. The Morgan fingerprint density at radius 2 is 1.94 bits per heavy atom. The van der Waals surface area contributed by atoms with E-state index < -0.39 is 0 Å². The van der Waals surface area contributed by atoms with Crippen LogP contribution in [0, 0.1) is 5.82 Å². The molecular weight excluding hydrogens is 405 g/mol. The number of nitrogens with zero attached hydrogens (tertiary/aromatic N) is 2. The molecule has 160 valence electrons. The van der Waals surface area contributed by atoms with Crippen LogP contribution in [0.1, 0.15) is 36.4 Å². The van der Waals surface area contributed by atoms with Crippen LogP contribution in [0.4, 0.5) is 4.39 Å². The molecule has 32 heavy (non-hydrogen) atoms. The molecule has 3 heterocycles. The van der Waals surface area contributed by atoms with Crippen molar-refractivity contribution in [2.45, 2.75) is 25.2 Å². The molecule has 4 aromatic rings. The van der Waals surface area contributed by atoms with Crippen molar-refractivity contribution in [1.82, 2.24) is 14.8 Å². The second kappa shape index (κ2) is 7.57. The lowest BCUT2D eigenvalue weighted by Gasteiger charge is -2.26. The van der Waals surface area contributed by atoms with E-state index in [2.05, 4.69) is 26.9 Å². The monoisotopic (exact) mass is 427 g/mol. The number of aromatic amines is 1. The molecule has 1 aliphatic carbocycles. The van der Waals surface area contributed by atoms with Gasteiger partial charge in [-0.15, -0.1) is 0 Å². The van der Waals surface area contributed by atoms with E-state index in [0.717, 1.165) is 57.2 Å². The number of aromatic nitrogens is 3. The van der Waals surface area contributed by atoms with Crippen LogP contribution >= 0.6 is 0 Å². The number of fused-ring (bicyclic) bond motifs is 2. The van der Waals surface area contributed by atoms with E-state index in [0.29, 0.717) is 19.6 Å². The highest BCUT2D eigenvalue weighted by Crippen LogP contribution is 2.43. The van der Waals surface area contributed by atoms with Crippen LogP contribution in [0.3, 0.4) is 0 Å². The van der Waals surface area contributed by atoms with Crippen LogP contribution in [-0.2, 0) is 9.53 Å². The van der Waals surface area contributed by atoms with Gasteiger partial charge in [0.05, 0.1) is 17.2 Å². The molecule has 0 saturated carbocycles. The predicted molar refractivity (Wildman–Crippen MR) is 122 cm³/mol. The summed E-state index contributed by atoms with van der Waals surface area (Å²) in [5, 5.41) is 9.34. The molecule has 6 heteroatoms. The summed E-state index contributed by atoms with van der Waals surface area (Å²) in [7, 11) is 0. The number of ketones is 1. The molecule has 0 radical (unpaired) electrons. The molecule has 2 aromatic heterocycles. The smallest absolute Gasteiger partial charge is 0.160 e. The van der Waals surface area contributed by atoms with E-state index in [-0.39, 0.29) is 17.5 Å². The normalized spacial score (nSPS) is 17.4. The fraction of sp³-hybridized carbons (Fsp3) is 0.231. The molecule has 1 N–H and O–H groups in total. The molecule has 5 nitrogen and oxygen atoms in total. The Hall–Kier alpha value is -3.51. The topological polar surface area (TPSA) is 59.9 Å². The lowest BCUT2D eigenvalue weighted by atomic mass is 9.88. The van der Waals surface area contributed by atoms with Crippen molar-refractivity contribution >= 4 is 33.2 Å². The Bertz CT molecular complexity index is 1400. The first-order valence-corrected chi connectivity index (χ1v) is 11.0. The summed E-state index contributed by atoms with van der Waals surface area (Å²) in [6.07, 6.45) is 9.77. The fourth-order valence-corrected chi connectivity index (χ4v) is 5.01. The van der Waals surface area contributed by atoms with E-state index in [4.69, 9.17) is 4.74 Å². The molecule has 6 rings (SSSR count). The van der Waals surface area contributed by atoms with Gasteiger partial charge in [0, 0.05) is 53.3 Å². The lowest BCUT2D eigenvalue weighted by Crippen LogP contribution is -2.18. The zero-order valence-corrected chi connectivity index (χ0v) is 17.5. The van der Waals surface area contributed by atoms with Crippen molar-refractivity contribution < 1.29 is 13.9 Å². The molecule has 1 fully saturated rings. The van der Waals surface area contributed by atoms with Gasteiger partial charge in [0.15, 0.2) is 5.78 Å². The Labute approximate surface area is 184 Å². The van der Waals surface area contributed by atoms with Crippen molar-refractivity contribution in [3.05, 3.63) is 77.9 Å². The zero-order valence-electron chi connectivity index (χ0n) is 17.5. The van der Waals surface area contributed by atoms with Gasteiger partial charge >= 0.3 is 0 Å². The minimum Gasteiger partial charge on any atom is -0.381 e. The average Bonchev–Trinajstić information content (AvgIpc) is 3.40. The van der Waals surface area contributed by atoms with E-state index >= 15 is 0 Å². The molecule has 0 bridgehead atoms. The van der Waals surface area contributed by atoms with Gasteiger partial charge in [-0.1, -0.05) is 12.2 Å². The van der Waals surface area contributed by atoms with E-state index in [1.54, 1.807) is 6.08 Å². The first-order chi connectivity index (χ1) is 15.7. The number of ether oxygens (including phenoxy) is 1. The number of nitrogens with one attached hydrogen (secondary N) is 1. The number of H-pyrrole nitrogens is 1. The molecule has 0 atom stereocenters. The Kier molecular flexibility index (Phi) is 4.54. The number of carbonyl (C=O) groups is 1. The van der Waals surface area contributed by atoms with Crippen LogP contribution in [0.5, 0.6) is 0 Å². The van der Waals surface area contributed by atoms with Crippen LogP contribution in [0.15, 0.2) is 60.8 Å². The van der Waals surface area contributed by atoms with Crippen LogP contribution < -0.4 is 0 Å². The first-order valence-electron chi connectivity index (χ1n) is 11.0. The molecular formula is C26H22FN3O2. The van der Waals surface area contributed by atoms with Gasteiger partial charge in [-0.05, 0) is 60.9 Å². The highest BCUT2D eigenvalue weighted by molar-refractivity contribution is 6.09. The molecule has 2 aliphatic rings. The van der Waals surface area contributed by atoms with Gasteiger partial charge in [-0.25, -0.2) is 4.39 Å². The maximum Gasteiger partial charge on any atom is 0.160 e. The van der Waals surface area contributed by atoms with Crippen molar-refractivity contribution in [2.75, 3.05) is 13.2 Å². The van der Waals surface area contributed by atoms with Crippen molar-refractivity contribution in [1.29, 1.82) is 0 Å². The number of allylic oxidation sites excluding steroid dienone is 4. The van der Waals surface area contributed by atoms with Gasteiger partial charge in [-0.2, -0.15) is 5.10 Å². The lowest BCUT2D eigenvalue weighted by molar-refractivity contribution is -0.113. The third-order valence-electron chi connectivity index (χ3n) is 6.48. The van der Waals surface area contributed by atoms with E-state index in [1.165, 1.54) is 12.1 Å². The summed E-state index contributed by atoms with van der Waals surface area (Å²) in [6, 6.07) is 10.9. The summed E-state index contributed by atoms with van der Waals surface area (Å²) >= 11 is 0. The van der Waals surface area contributed by atoms with Crippen molar-refractivity contribution in [2.24, 2.45) is 0 Å². The summed E-state index contributed by atoms with van der Waals surface area (Å²) < 4.78 is 21.7. The number of halogens is 1. The van der Waals surface area contributed by atoms with E-state index in [9.17, 15) is 9.18 Å². The Morgan fingerprint density at radius 3 is 2.72 bits per heavy atom. The first kappa shape index (κ1) is 19.2. The van der Waals surface area contributed by atoms with Crippen molar-refractivity contribution in [3.8, 4) is 5.69 Å². The second-order valence-corrected chi connectivity index (χ2v) is 8.46. The second-order valence-electron chi connectivity index (χ2n) is 8.46. The molecule has 0 spiro atoms. The Morgan fingerprint density at radius 1 is 1.12 bits per heavy atom. The highest BCUT2D eigenvalue weighted by Gasteiger charge is 2.29. The number of carbonyl (C=O) groups excluding carboxylic acids is 1. The van der Waals surface area contributed by atoms with Gasteiger partial charge in [-0.3, -0.25) is 9.89 Å². The average molecular weight is 427 g/mol. The summed E-state index contributed by atoms with van der Waals surface area (Å²) in [5.41, 5.74) is 6.01. The Balaban J connectivity index is 1.74. The maximum absolute atomic E-state index is 13.8. The molecule has 1 saturated heterocycles. The fourth-order valence-electron chi connectivity index (χ4n) is 5.01. The SMILES string of the molecule is O=C1C=C(c2c(C3CCOCC3)n(-c3ccc(F)cc3)c3cc4cn[nH]c4cc23)C=CC1. The predicted octanol–water partition coefficient (Wildman–Crippen LogP) is 5.45. The quantitative estimate of drug-likeness (QED) is 0.473. The summed E-state index contributed by atoms with van der Waals surface area (Å²) in [6.45, 7) is 1.40. The molecule has 1 aliphatic heterocycles. The highest BCUT2D eigenvalue weighted by atomic mass is 19.1. The maximum atomic E-state index is 13.8. The summed E-state index contributed by atoms with van der Waals surface area (Å²) in [4.78, 5) is 12.3. The standard InChI is InChI=1S/C26H22FN3O2/c27-19-4-6-20(7-5-19)30-24-13-18-15-28-29-23(18)14-22(24)25(17-2-1-3-21(31)12-17)26(30)16-8-10-32-11-9-16/h1-2,4-7,12-16H,3,8-11H2,(H,28,29). The number of hydrogen-bond acceptors (Lipinski definition) is 3. The van der Waals surface area contributed by atoms with Crippen LogP contribution in [-0.4, -0.2) is 33.8 Å². The molecule has 0 amide bonds. The minimum atomic E-state index is -0.265. The third kappa shape index (κ3) is 3.10. The van der Waals surface area contributed by atoms with Gasteiger partial charge in [0.2, 0.25) is 0 Å². The number of rotatable bonds is 3. The molecule has 2 aromatic carbocycles. The zero-order chi connectivity index (χ0) is 21.7. The van der Waals surface area contributed by atoms with Crippen LogP contribution in [0.25, 0.3) is 33.1 Å².